The summed E-state index contributed by atoms with van der Waals surface area (Å²) in [6.07, 6.45) is 2.82. The van der Waals surface area contributed by atoms with E-state index in [-0.39, 0.29) is 23.2 Å². The molecule has 0 radical (unpaired) electrons. The van der Waals surface area contributed by atoms with E-state index in [2.05, 4.69) is 0 Å². The molecule has 0 unspecified atom stereocenters. The van der Waals surface area contributed by atoms with Crippen molar-refractivity contribution in [1.82, 2.24) is 14.2 Å². The highest BCUT2D eigenvalue weighted by Crippen LogP contribution is 2.32. The van der Waals surface area contributed by atoms with Gasteiger partial charge in [-0.2, -0.15) is 4.31 Å². The van der Waals surface area contributed by atoms with Gasteiger partial charge in [0.15, 0.2) is 5.13 Å². The normalized spacial score (nSPS) is 14.6. The van der Waals surface area contributed by atoms with Gasteiger partial charge in [0.05, 0.1) is 21.7 Å². The van der Waals surface area contributed by atoms with Crippen LogP contribution in [0.1, 0.15) is 36.5 Å². The number of rotatable bonds is 9. The minimum Gasteiger partial charge on any atom is -0.494 e. The molecule has 1 aliphatic heterocycles. The first kappa shape index (κ1) is 28.3. The highest BCUT2D eigenvalue weighted by atomic mass is 35.5. The molecule has 0 spiro atoms. The molecule has 1 aromatic heterocycles. The molecule has 196 valence electrons. The van der Waals surface area contributed by atoms with E-state index in [9.17, 15) is 13.2 Å². The van der Waals surface area contributed by atoms with E-state index < -0.39 is 10.0 Å². The lowest BCUT2D eigenvalue weighted by molar-refractivity contribution is 0.0985. The monoisotopic (exact) mass is 552 g/mol. The maximum atomic E-state index is 13.6. The molecule has 0 aliphatic carbocycles. The third kappa shape index (κ3) is 6.36. The van der Waals surface area contributed by atoms with Gasteiger partial charge in [-0.05, 0) is 76.3 Å². The van der Waals surface area contributed by atoms with Gasteiger partial charge in [-0.1, -0.05) is 17.8 Å². The number of likely N-dealkylation sites (N-methyl/N-ethyl adjacent to an activating group) is 1. The van der Waals surface area contributed by atoms with Crippen LogP contribution in [0, 0.1) is 0 Å². The molecule has 0 atom stereocenters. The van der Waals surface area contributed by atoms with Crippen molar-refractivity contribution in [3.8, 4) is 5.75 Å². The lowest BCUT2D eigenvalue weighted by Crippen LogP contribution is -2.37. The molecule has 1 fully saturated rings. The molecule has 0 saturated carbocycles. The molecule has 2 heterocycles. The van der Waals surface area contributed by atoms with Gasteiger partial charge in [0, 0.05) is 31.7 Å². The first-order valence-electron chi connectivity index (χ1n) is 11.9. The topological polar surface area (TPSA) is 83.0 Å². The Hall–Kier alpha value is -2.24. The van der Waals surface area contributed by atoms with E-state index in [1.54, 1.807) is 17.0 Å². The molecule has 4 rings (SSSR count). The third-order valence-corrected chi connectivity index (χ3v) is 8.91. The molecule has 1 saturated heterocycles. The van der Waals surface area contributed by atoms with Crippen LogP contribution >= 0.6 is 23.7 Å². The molecule has 3 aromatic rings. The molecule has 1 amide bonds. The number of hydrogen-bond acceptors (Lipinski definition) is 7. The summed E-state index contributed by atoms with van der Waals surface area (Å²) in [6.45, 7) is 4.72. The Bertz CT molecular complexity index is 1270. The van der Waals surface area contributed by atoms with Gasteiger partial charge in [0.2, 0.25) is 10.0 Å². The number of aromatic nitrogens is 1. The molecular weight excluding hydrogens is 520 g/mol. The van der Waals surface area contributed by atoms with E-state index in [1.807, 2.05) is 44.1 Å². The second-order valence-corrected chi connectivity index (χ2v) is 11.8. The number of thiazole rings is 1. The van der Waals surface area contributed by atoms with Crippen LogP contribution in [-0.2, 0) is 10.0 Å². The van der Waals surface area contributed by atoms with Crippen LogP contribution in [0.2, 0.25) is 0 Å². The Kier molecular flexibility index (Phi) is 9.71. The second kappa shape index (κ2) is 12.3. The van der Waals surface area contributed by atoms with Gasteiger partial charge >= 0.3 is 0 Å². The molecule has 8 nitrogen and oxygen atoms in total. The molecule has 11 heteroatoms. The van der Waals surface area contributed by atoms with Gasteiger partial charge in [0.25, 0.3) is 5.91 Å². The van der Waals surface area contributed by atoms with Crippen molar-refractivity contribution in [1.29, 1.82) is 0 Å². The molecule has 1 aliphatic rings. The van der Waals surface area contributed by atoms with Crippen molar-refractivity contribution in [3.05, 3.63) is 48.0 Å². The third-order valence-electron chi connectivity index (χ3n) is 5.96. The number of anilines is 1. The van der Waals surface area contributed by atoms with Crippen LogP contribution in [-0.4, -0.2) is 75.4 Å². The molecule has 0 N–H and O–H groups in total. The number of ether oxygens (including phenoxy) is 1. The van der Waals surface area contributed by atoms with Gasteiger partial charge < -0.3 is 9.64 Å². The zero-order chi connectivity index (χ0) is 25.0. The maximum absolute atomic E-state index is 13.6. The minimum atomic E-state index is -3.54. The van der Waals surface area contributed by atoms with Gasteiger partial charge in [0.1, 0.15) is 5.75 Å². The molecular formula is C25H33ClN4O4S2. The number of benzene rings is 2. The number of halogens is 1. The average molecular weight is 553 g/mol. The summed E-state index contributed by atoms with van der Waals surface area (Å²) < 4.78 is 34.0. The van der Waals surface area contributed by atoms with Crippen LogP contribution in [0.4, 0.5) is 5.13 Å². The second-order valence-electron chi connectivity index (χ2n) is 8.81. The lowest BCUT2D eigenvalue weighted by Gasteiger charge is -2.26. The van der Waals surface area contributed by atoms with Gasteiger partial charge in [-0.15, -0.1) is 12.4 Å². The first-order valence-corrected chi connectivity index (χ1v) is 14.2. The summed E-state index contributed by atoms with van der Waals surface area (Å²) in [5.74, 6) is 0.560. The lowest BCUT2D eigenvalue weighted by atomic mass is 10.2. The van der Waals surface area contributed by atoms with Crippen LogP contribution < -0.4 is 9.64 Å². The van der Waals surface area contributed by atoms with E-state index >= 15 is 0 Å². The predicted octanol–water partition coefficient (Wildman–Crippen LogP) is 4.50. The number of nitrogens with zero attached hydrogens (tertiary/aromatic N) is 4. The predicted molar refractivity (Wildman–Crippen MR) is 147 cm³/mol. The largest absolute Gasteiger partial charge is 0.494 e. The van der Waals surface area contributed by atoms with Crippen molar-refractivity contribution < 1.29 is 17.9 Å². The quantitative estimate of drug-likeness (QED) is 0.389. The van der Waals surface area contributed by atoms with Crippen LogP contribution in [0.15, 0.2) is 47.4 Å². The van der Waals surface area contributed by atoms with Gasteiger partial charge in [-0.3, -0.25) is 9.69 Å². The smallest absolute Gasteiger partial charge is 0.260 e. The van der Waals surface area contributed by atoms with Crippen molar-refractivity contribution >= 4 is 55.0 Å². The summed E-state index contributed by atoms with van der Waals surface area (Å²) in [7, 11) is 0.363. The Morgan fingerprint density at radius 3 is 2.39 bits per heavy atom. The van der Waals surface area contributed by atoms with Crippen molar-refractivity contribution in [3.63, 3.8) is 0 Å². The van der Waals surface area contributed by atoms with Gasteiger partial charge in [-0.25, -0.2) is 13.4 Å². The average Bonchev–Trinajstić information content (AvgIpc) is 3.27. The highest BCUT2D eigenvalue weighted by molar-refractivity contribution is 7.89. The fourth-order valence-corrected chi connectivity index (χ4v) is 6.56. The fraction of sp³-hybridized carbons (Fsp3) is 0.440. The number of fused-ring (bicyclic) bond motifs is 1. The van der Waals surface area contributed by atoms with E-state index in [0.29, 0.717) is 43.5 Å². The summed E-state index contributed by atoms with van der Waals surface area (Å²) >= 11 is 1.44. The zero-order valence-electron chi connectivity index (χ0n) is 20.8. The number of piperidine rings is 1. The SMILES string of the molecule is CCOc1ccc2nc(N(CCN(C)C)C(=O)c3ccc(S(=O)(=O)N4CCCCC4)cc3)sc2c1.Cl. The van der Waals surface area contributed by atoms with Crippen molar-refractivity contribution in [2.75, 3.05) is 51.8 Å². The summed E-state index contributed by atoms with van der Waals surface area (Å²) in [5, 5.41) is 0.602. The summed E-state index contributed by atoms with van der Waals surface area (Å²) in [6, 6.07) is 12.0. The number of carbonyl (C=O) groups is 1. The van der Waals surface area contributed by atoms with Crippen molar-refractivity contribution in [2.45, 2.75) is 31.1 Å². The molecule has 2 aromatic carbocycles. The Balaban J connectivity index is 0.00000361. The highest BCUT2D eigenvalue weighted by Gasteiger charge is 2.27. The summed E-state index contributed by atoms with van der Waals surface area (Å²) in [5.41, 5.74) is 1.23. The minimum absolute atomic E-state index is 0. The van der Waals surface area contributed by atoms with Crippen molar-refractivity contribution in [2.24, 2.45) is 0 Å². The number of carbonyl (C=O) groups excluding carboxylic acids is 1. The fourth-order valence-electron chi connectivity index (χ4n) is 4.03. The molecule has 0 bridgehead atoms. The Morgan fingerprint density at radius 2 is 1.75 bits per heavy atom. The molecule has 36 heavy (non-hydrogen) atoms. The number of sulfonamides is 1. The first-order chi connectivity index (χ1) is 16.8. The van der Waals surface area contributed by atoms with E-state index in [4.69, 9.17) is 9.72 Å². The number of hydrogen-bond donors (Lipinski definition) is 0. The van der Waals surface area contributed by atoms with Crippen LogP contribution in [0.3, 0.4) is 0 Å². The van der Waals surface area contributed by atoms with Crippen LogP contribution in [0.5, 0.6) is 5.75 Å². The van der Waals surface area contributed by atoms with E-state index in [1.165, 1.54) is 27.8 Å². The maximum Gasteiger partial charge on any atom is 0.260 e. The number of amides is 1. The Labute approximate surface area is 223 Å². The van der Waals surface area contributed by atoms with Crippen LogP contribution in [0.25, 0.3) is 10.2 Å². The standard InChI is InChI=1S/C25H32N4O4S2.ClH/c1-4-33-20-10-13-22-23(18-20)34-25(26-22)29(17-16-27(2)3)24(30)19-8-11-21(12-9-19)35(31,32)28-14-6-5-7-15-28;/h8-13,18H,4-7,14-17H2,1-3H3;1H. The summed E-state index contributed by atoms with van der Waals surface area (Å²) in [4.78, 5) is 22.2. The Morgan fingerprint density at radius 1 is 1.06 bits per heavy atom. The zero-order valence-corrected chi connectivity index (χ0v) is 23.3. The van der Waals surface area contributed by atoms with E-state index in [0.717, 1.165) is 35.2 Å².